The van der Waals surface area contributed by atoms with Crippen molar-refractivity contribution in [2.45, 2.75) is 83.6 Å². The number of carboxylic acid groups (broad SMARTS) is 1. The average Bonchev–Trinajstić information content (AvgIpc) is 3.00. The third-order valence-electron chi connectivity index (χ3n) is 3.64. The maximum Gasteiger partial charge on any atom is 0.323 e. The van der Waals surface area contributed by atoms with Crippen molar-refractivity contribution in [2.75, 3.05) is 0 Å². The topological polar surface area (TPSA) is 58.6 Å². The largest absolute Gasteiger partial charge is 0.480 e. The molecule has 0 aromatic rings. The Labute approximate surface area is 110 Å². The predicted molar refractivity (Wildman–Crippen MR) is 71.7 cm³/mol. The monoisotopic (exact) mass is 257 g/mol. The Balaban J connectivity index is 2.57. The Hall–Kier alpha value is -0.610. The molecule has 0 heterocycles. The summed E-state index contributed by atoms with van der Waals surface area (Å²) in [7, 11) is 0. The van der Waals surface area contributed by atoms with Crippen LogP contribution in [0.15, 0.2) is 0 Å². The third-order valence-corrected chi connectivity index (χ3v) is 3.64. The molecular weight excluding hydrogens is 230 g/mol. The van der Waals surface area contributed by atoms with Crippen LogP contribution in [0.4, 0.5) is 0 Å². The number of nitrogens with one attached hydrogen (secondary N) is 1. The van der Waals surface area contributed by atoms with E-state index >= 15 is 0 Å². The van der Waals surface area contributed by atoms with E-state index in [9.17, 15) is 9.90 Å². The molecule has 2 N–H and O–H groups in total. The number of ether oxygens (including phenoxy) is 1. The second kappa shape index (κ2) is 5.57. The zero-order valence-corrected chi connectivity index (χ0v) is 12.2. The highest BCUT2D eigenvalue weighted by Crippen LogP contribution is 2.27. The van der Waals surface area contributed by atoms with Crippen molar-refractivity contribution in [2.24, 2.45) is 0 Å². The van der Waals surface area contributed by atoms with Crippen LogP contribution in [0, 0.1) is 0 Å². The van der Waals surface area contributed by atoms with Gasteiger partial charge in [-0.05, 0) is 47.0 Å². The second-order valence-corrected chi connectivity index (χ2v) is 6.30. The van der Waals surface area contributed by atoms with Gasteiger partial charge in [0.1, 0.15) is 5.54 Å². The van der Waals surface area contributed by atoms with Gasteiger partial charge in [0.25, 0.3) is 0 Å². The van der Waals surface area contributed by atoms with Crippen molar-refractivity contribution in [3.63, 3.8) is 0 Å². The fourth-order valence-corrected chi connectivity index (χ4v) is 2.13. The lowest BCUT2D eigenvalue weighted by Gasteiger charge is -2.33. The van der Waals surface area contributed by atoms with E-state index in [4.69, 9.17) is 4.74 Å². The molecule has 0 aromatic carbocycles. The van der Waals surface area contributed by atoms with Crippen LogP contribution in [0.2, 0.25) is 0 Å². The molecular formula is C14H27NO3. The van der Waals surface area contributed by atoms with Gasteiger partial charge in [-0.3, -0.25) is 10.1 Å². The first kappa shape index (κ1) is 15.4. The number of aliphatic carboxylic acids is 1. The fraction of sp³-hybridized carbons (Fsp3) is 0.929. The smallest absolute Gasteiger partial charge is 0.323 e. The Bertz CT molecular complexity index is 299. The maximum atomic E-state index is 11.4. The zero-order valence-electron chi connectivity index (χ0n) is 12.2. The van der Waals surface area contributed by atoms with E-state index in [-0.39, 0.29) is 11.7 Å². The molecule has 4 nitrogen and oxygen atoms in total. The van der Waals surface area contributed by atoms with Gasteiger partial charge in [-0.2, -0.15) is 0 Å². The minimum absolute atomic E-state index is 0.0766. The molecule has 1 rings (SSSR count). The molecule has 0 spiro atoms. The first-order valence-corrected chi connectivity index (χ1v) is 6.87. The molecule has 0 bridgehead atoms. The van der Waals surface area contributed by atoms with Crippen molar-refractivity contribution >= 4 is 5.97 Å². The second-order valence-electron chi connectivity index (χ2n) is 6.30. The van der Waals surface area contributed by atoms with Gasteiger partial charge in [0, 0.05) is 12.5 Å². The number of carboxylic acids is 1. The highest BCUT2D eigenvalue weighted by Gasteiger charge is 2.40. The number of hydrogen-bond donors (Lipinski definition) is 2. The van der Waals surface area contributed by atoms with Crippen LogP contribution in [-0.2, 0) is 9.53 Å². The van der Waals surface area contributed by atoms with Gasteiger partial charge in [0.05, 0.1) is 11.7 Å². The number of hydrogen-bond acceptors (Lipinski definition) is 3. The SMILES string of the molecule is CCC(C)(C)OC(C)CC(C)(NC1CC1)C(=O)O. The highest BCUT2D eigenvalue weighted by molar-refractivity contribution is 5.78. The molecule has 0 radical (unpaired) electrons. The minimum Gasteiger partial charge on any atom is -0.480 e. The van der Waals surface area contributed by atoms with Crippen LogP contribution in [0.5, 0.6) is 0 Å². The molecule has 0 amide bonds. The molecule has 0 aromatic heterocycles. The number of rotatable bonds is 8. The third kappa shape index (κ3) is 4.58. The summed E-state index contributed by atoms with van der Waals surface area (Å²) in [6.07, 6.45) is 3.49. The van der Waals surface area contributed by atoms with Gasteiger partial charge in [-0.25, -0.2) is 0 Å². The van der Waals surface area contributed by atoms with Crippen LogP contribution >= 0.6 is 0 Å². The van der Waals surface area contributed by atoms with E-state index in [1.54, 1.807) is 6.92 Å². The van der Waals surface area contributed by atoms with E-state index < -0.39 is 11.5 Å². The van der Waals surface area contributed by atoms with Crippen LogP contribution in [0.25, 0.3) is 0 Å². The molecule has 1 saturated carbocycles. The van der Waals surface area contributed by atoms with Gasteiger partial charge in [0.2, 0.25) is 0 Å². The normalized spacial score (nSPS) is 21.4. The Morgan fingerprint density at radius 2 is 2.00 bits per heavy atom. The number of carbonyl (C=O) groups is 1. The molecule has 18 heavy (non-hydrogen) atoms. The van der Waals surface area contributed by atoms with Crippen molar-refractivity contribution < 1.29 is 14.6 Å². The molecule has 0 saturated heterocycles. The lowest BCUT2D eigenvalue weighted by Crippen LogP contribution is -2.53. The molecule has 106 valence electrons. The first-order chi connectivity index (χ1) is 8.18. The van der Waals surface area contributed by atoms with Crippen LogP contribution in [0.3, 0.4) is 0 Å². The summed E-state index contributed by atoms with van der Waals surface area (Å²) in [4.78, 5) is 11.4. The van der Waals surface area contributed by atoms with Crippen LogP contribution < -0.4 is 5.32 Å². The first-order valence-electron chi connectivity index (χ1n) is 6.87. The predicted octanol–water partition coefficient (Wildman–Crippen LogP) is 2.57. The summed E-state index contributed by atoms with van der Waals surface area (Å²) in [6.45, 7) is 9.86. The van der Waals surface area contributed by atoms with Crippen molar-refractivity contribution in [3.05, 3.63) is 0 Å². The van der Waals surface area contributed by atoms with E-state index in [1.807, 2.05) is 20.8 Å². The van der Waals surface area contributed by atoms with Crippen molar-refractivity contribution in [1.29, 1.82) is 0 Å². The molecule has 1 fully saturated rings. The maximum absolute atomic E-state index is 11.4. The standard InChI is InChI=1S/C14H27NO3/c1-6-13(3,4)18-10(2)9-14(5,12(16)17)15-11-7-8-11/h10-11,15H,6-9H2,1-5H3,(H,16,17). The Morgan fingerprint density at radius 1 is 1.44 bits per heavy atom. The zero-order chi connectivity index (χ0) is 14.0. The summed E-state index contributed by atoms with van der Waals surface area (Å²) in [6, 6.07) is 0.373. The summed E-state index contributed by atoms with van der Waals surface area (Å²) in [5.41, 5.74) is -1.08. The summed E-state index contributed by atoms with van der Waals surface area (Å²) < 4.78 is 5.93. The van der Waals surface area contributed by atoms with Crippen molar-refractivity contribution in [1.82, 2.24) is 5.32 Å². The van der Waals surface area contributed by atoms with E-state index in [1.165, 1.54) is 0 Å². The average molecular weight is 257 g/mol. The molecule has 1 aliphatic carbocycles. The van der Waals surface area contributed by atoms with Gasteiger partial charge < -0.3 is 9.84 Å². The van der Waals surface area contributed by atoms with Gasteiger partial charge >= 0.3 is 5.97 Å². The minimum atomic E-state index is -0.885. The highest BCUT2D eigenvalue weighted by atomic mass is 16.5. The lowest BCUT2D eigenvalue weighted by atomic mass is 9.94. The molecule has 4 heteroatoms. The fourth-order valence-electron chi connectivity index (χ4n) is 2.13. The molecule has 2 atom stereocenters. The summed E-state index contributed by atoms with van der Waals surface area (Å²) in [5.74, 6) is -0.792. The summed E-state index contributed by atoms with van der Waals surface area (Å²) in [5, 5.41) is 12.6. The van der Waals surface area contributed by atoms with Gasteiger partial charge in [-0.1, -0.05) is 6.92 Å². The van der Waals surface area contributed by atoms with Gasteiger partial charge in [-0.15, -0.1) is 0 Å². The van der Waals surface area contributed by atoms with Crippen molar-refractivity contribution in [3.8, 4) is 0 Å². The van der Waals surface area contributed by atoms with Gasteiger partial charge in [0.15, 0.2) is 0 Å². The Kier molecular flexibility index (Phi) is 4.78. The van der Waals surface area contributed by atoms with E-state index in [0.717, 1.165) is 19.3 Å². The molecule has 1 aliphatic rings. The summed E-state index contributed by atoms with van der Waals surface area (Å²) >= 11 is 0. The van der Waals surface area contributed by atoms with Crippen LogP contribution in [0.1, 0.15) is 60.3 Å². The van der Waals surface area contributed by atoms with E-state index in [0.29, 0.717) is 12.5 Å². The van der Waals surface area contributed by atoms with E-state index in [2.05, 4.69) is 12.2 Å². The lowest BCUT2D eigenvalue weighted by molar-refractivity contribution is -0.148. The molecule has 2 unspecified atom stereocenters. The quantitative estimate of drug-likeness (QED) is 0.701. The Morgan fingerprint density at radius 3 is 2.39 bits per heavy atom. The molecule has 0 aliphatic heterocycles. The van der Waals surface area contributed by atoms with Crippen LogP contribution in [-0.4, -0.2) is 34.4 Å².